The van der Waals surface area contributed by atoms with Gasteiger partial charge in [0.2, 0.25) is 0 Å². The van der Waals surface area contributed by atoms with Crippen molar-refractivity contribution in [2.75, 3.05) is 0 Å². The Hall–Kier alpha value is -1.43. The zero-order valence-electron chi connectivity index (χ0n) is 19.9. The smallest absolute Gasteiger partial charge is 0.144 e. The fourth-order valence-electron chi connectivity index (χ4n) is 7.26. The monoisotopic (exact) mass is 441 g/mol. The van der Waals surface area contributed by atoms with Crippen LogP contribution in [0.3, 0.4) is 0 Å². The van der Waals surface area contributed by atoms with Crippen LogP contribution in [-0.4, -0.2) is 0 Å². The third-order valence-electron chi connectivity index (χ3n) is 9.28. The molecule has 0 saturated heterocycles. The van der Waals surface area contributed by atoms with Crippen LogP contribution >= 0.6 is 0 Å². The van der Waals surface area contributed by atoms with Crippen LogP contribution in [0.5, 0.6) is 0 Å². The number of nitriles is 1. The number of unbranched alkanes of at least 4 members (excludes halogenated alkanes) is 1. The summed E-state index contributed by atoms with van der Waals surface area (Å²) in [6.45, 7) is 2.31. The van der Waals surface area contributed by atoms with Crippen LogP contribution in [-0.2, 0) is 0 Å². The molecule has 0 spiro atoms. The second-order valence-corrected chi connectivity index (χ2v) is 11.3. The van der Waals surface area contributed by atoms with Gasteiger partial charge >= 0.3 is 0 Å². The van der Waals surface area contributed by atoms with Gasteiger partial charge in [0.25, 0.3) is 0 Å². The van der Waals surface area contributed by atoms with E-state index in [4.69, 9.17) is 5.26 Å². The van der Waals surface area contributed by atoms with Crippen LogP contribution in [0.15, 0.2) is 12.1 Å². The molecule has 3 aliphatic rings. The molecule has 32 heavy (non-hydrogen) atoms. The molecule has 4 rings (SSSR count). The minimum Gasteiger partial charge on any atom is -0.205 e. The third-order valence-corrected chi connectivity index (χ3v) is 9.28. The Bertz CT molecular complexity index is 766. The number of rotatable bonds is 7. The van der Waals surface area contributed by atoms with Gasteiger partial charge in [-0.25, -0.2) is 8.78 Å². The molecule has 3 saturated carbocycles. The van der Waals surface area contributed by atoms with Crippen molar-refractivity contribution >= 4 is 0 Å². The maximum atomic E-state index is 14.1. The number of hydrogen-bond donors (Lipinski definition) is 0. The van der Waals surface area contributed by atoms with Crippen LogP contribution in [0.1, 0.15) is 120 Å². The third kappa shape index (κ3) is 5.73. The summed E-state index contributed by atoms with van der Waals surface area (Å²) in [4.78, 5) is 0. The zero-order chi connectivity index (χ0) is 22.5. The van der Waals surface area contributed by atoms with Crippen molar-refractivity contribution in [2.45, 2.75) is 109 Å². The number of halogens is 2. The van der Waals surface area contributed by atoms with Crippen molar-refractivity contribution in [1.29, 1.82) is 5.26 Å². The van der Waals surface area contributed by atoms with Crippen molar-refractivity contribution in [1.82, 2.24) is 0 Å². The normalized spacial score (nSPS) is 32.8. The fraction of sp³-hybridized carbons (Fsp3) is 0.759. The van der Waals surface area contributed by atoms with Gasteiger partial charge in [0.05, 0.1) is 0 Å². The molecule has 4 unspecified atom stereocenters. The maximum absolute atomic E-state index is 14.1. The number of fused-ring (bicyclic) bond motifs is 1. The molecule has 1 nitrogen and oxygen atoms in total. The average molecular weight is 442 g/mol. The van der Waals surface area contributed by atoms with Gasteiger partial charge in [-0.2, -0.15) is 5.26 Å². The quantitative estimate of drug-likeness (QED) is 0.414. The first kappa shape index (κ1) is 23.7. The van der Waals surface area contributed by atoms with Gasteiger partial charge in [0.15, 0.2) is 0 Å². The van der Waals surface area contributed by atoms with E-state index < -0.39 is 17.2 Å². The first-order chi connectivity index (χ1) is 15.6. The summed E-state index contributed by atoms with van der Waals surface area (Å²) in [5.41, 5.74) is 0.312. The second kappa shape index (κ2) is 11.1. The topological polar surface area (TPSA) is 23.8 Å². The van der Waals surface area contributed by atoms with E-state index in [9.17, 15) is 8.78 Å². The van der Waals surface area contributed by atoms with E-state index in [-0.39, 0.29) is 5.92 Å². The Kier molecular flexibility index (Phi) is 8.25. The van der Waals surface area contributed by atoms with Gasteiger partial charge in [0.1, 0.15) is 23.3 Å². The molecular formula is C29H41F2N. The molecule has 0 amide bonds. The maximum Gasteiger partial charge on any atom is 0.144 e. The highest BCUT2D eigenvalue weighted by molar-refractivity contribution is 5.36. The summed E-state index contributed by atoms with van der Waals surface area (Å²) in [6, 6.07) is 4.46. The predicted molar refractivity (Wildman–Crippen MR) is 126 cm³/mol. The lowest BCUT2D eigenvalue weighted by atomic mass is 9.63. The highest BCUT2D eigenvalue weighted by Gasteiger charge is 2.36. The Morgan fingerprint density at radius 2 is 1.34 bits per heavy atom. The van der Waals surface area contributed by atoms with Crippen molar-refractivity contribution in [3.63, 3.8) is 0 Å². The average Bonchev–Trinajstić information content (AvgIpc) is 2.81. The van der Waals surface area contributed by atoms with E-state index in [0.717, 1.165) is 42.1 Å². The molecular weight excluding hydrogens is 400 g/mol. The molecule has 0 aromatic heterocycles. The van der Waals surface area contributed by atoms with Crippen LogP contribution in [0.25, 0.3) is 0 Å². The van der Waals surface area contributed by atoms with E-state index in [1.165, 1.54) is 95.6 Å². The molecule has 0 heterocycles. The summed E-state index contributed by atoms with van der Waals surface area (Å²) in [7, 11) is 0. The van der Waals surface area contributed by atoms with Crippen molar-refractivity contribution in [3.05, 3.63) is 34.9 Å². The number of nitrogens with zero attached hydrogens (tertiary/aromatic N) is 1. The molecule has 1 aromatic carbocycles. The minimum absolute atomic E-state index is 0.243. The van der Waals surface area contributed by atoms with Crippen LogP contribution in [0.2, 0.25) is 0 Å². The molecule has 1 aromatic rings. The molecule has 0 radical (unpaired) electrons. The van der Waals surface area contributed by atoms with E-state index in [2.05, 4.69) is 6.92 Å². The van der Waals surface area contributed by atoms with Gasteiger partial charge < -0.3 is 0 Å². The van der Waals surface area contributed by atoms with Gasteiger partial charge in [-0.15, -0.1) is 0 Å². The van der Waals surface area contributed by atoms with Gasteiger partial charge in [0, 0.05) is 0 Å². The van der Waals surface area contributed by atoms with Crippen LogP contribution < -0.4 is 0 Å². The SMILES string of the molecule is CCCCC1CCC(CCC2CCC3CC(c4cc(F)c(C#N)c(F)c4)CCC3C2)CC1. The highest BCUT2D eigenvalue weighted by Crippen LogP contribution is 2.49. The Morgan fingerprint density at radius 1 is 0.781 bits per heavy atom. The van der Waals surface area contributed by atoms with Crippen LogP contribution in [0, 0.1) is 52.6 Å². The first-order valence-corrected chi connectivity index (χ1v) is 13.5. The number of hydrogen-bond acceptors (Lipinski definition) is 1. The van der Waals surface area contributed by atoms with E-state index in [1.807, 2.05) is 0 Å². The zero-order valence-corrected chi connectivity index (χ0v) is 19.9. The molecule has 0 N–H and O–H groups in total. The Labute approximate surface area is 194 Å². The Balaban J connectivity index is 1.22. The summed E-state index contributed by atoms with van der Waals surface area (Å²) in [5.74, 6) is 3.24. The van der Waals surface area contributed by atoms with Crippen LogP contribution in [0.4, 0.5) is 8.78 Å². The highest BCUT2D eigenvalue weighted by atomic mass is 19.1. The molecule has 176 valence electrons. The van der Waals surface area contributed by atoms with Crippen molar-refractivity contribution in [2.24, 2.45) is 29.6 Å². The van der Waals surface area contributed by atoms with Gasteiger partial charge in [-0.05, 0) is 85.3 Å². The summed E-state index contributed by atoms with van der Waals surface area (Å²) >= 11 is 0. The molecule has 3 heteroatoms. The fourth-order valence-corrected chi connectivity index (χ4v) is 7.26. The minimum atomic E-state index is -0.701. The summed E-state index contributed by atoms with van der Waals surface area (Å²) in [6.07, 6.45) is 20.2. The largest absolute Gasteiger partial charge is 0.205 e. The van der Waals surface area contributed by atoms with Gasteiger partial charge in [-0.3, -0.25) is 0 Å². The molecule has 3 fully saturated rings. The molecule has 0 bridgehead atoms. The van der Waals surface area contributed by atoms with E-state index in [0.29, 0.717) is 5.92 Å². The lowest BCUT2D eigenvalue weighted by Crippen LogP contribution is -2.30. The van der Waals surface area contributed by atoms with Crippen molar-refractivity contribution < 1.29 is 8.78 Å². The molecule has 0 aliphatic heterocycles. The van der Waals surface area contributed by atoms with Gasteiger partial charge in [-0.1, -0.05) is 71.1 Å². The standard InChI is InChI=1S/C29H41F2N/c1-2-3-4-20-5-7-21(8-6-20)9-10-22-11-12-24-16-25(14-13-23(24)15-22)26-17-28(30)27(19-32)29(31)18-26/h17-18,20-25H,2-16H2,1H3. The molecule has 4 atom stereocenters. The predicted octanol–water partition coefficient (Wildman–Crippen LogP) is 8.91. The number of benzene rings is 1. The molecule has 3 aliphatic carbocycles. The Morgan fingerprint density at radius 3 is 2.00 bits per heavy atom. The van der Waals surface area contributed by atoms with E-state index in [1.54, 1.807) is 6.07 Å². The summed E-state index contributed by atoms with van der Waals surface area (Å²) < 4.78 is 28.2. The lowest BCUT2D eigenvalue weighted by molar-refractivity contribution is 0.108. The van der Waals surface area contributed by atoms with Crippen molar-refractivity contribution in [3.8, 4) is 6.07 Å². The lowest BCUT2D eigenvalue weighted by Gasteiger charge is -2.43. The van der Waals surface area contributed by atoms with E-state index >= 15 is 0 Å². The summed E-state index contributed by atoms with van der Waals surface area (Å²) in [5, 5.41) is 8.92. The first-order valence-electron chi connectivity index (χ1n) is 13.5. The second-order valence-electron chi connectivity index (χ2n) is 11.3.